The summed E-state index contributed by atoms with van der Waals surface area (Å²) >= 11 is 0. The normalized spacial score (nSPS) is 40.6. The highest BCUT2D eigenvalue weighted by Gasteiger charge is 2.78. The number of aliphatic hydroxyl groups excluding tert-OH is 2. The van der Waals surface area contributed by atoms with Crippen molar-refractivity contribution in [2.24, 2.45) is 34.0 Å². The first kappa shape index (κ1) is 29.4. The molecular weight excluding hydrogens is 562 g/mol. The van der Waals surface area contributed by atoms with E-state index in [2.05, 4.69) is 17.0 Å². The molecule has 8 heteroatoms. The van der Waals surface area contributed by atoms with Gasteiger partial charge in [0.1, 0.15) is 12.8 Å². The standard InChI is InChI=1S/C36H40F2N2O4/c1-33-11-10-26(42)15-29(33)30(37)16-28-27-14-23-18-40(25-8-6-21(7-9-25)12-22-4-3-5-24(39)13-22)20-35(23,32(44)19-41)34(27,2)17-31(43)36(28,33)38/h3-11,13,15,23,27-28,30-31,41,43H,12,14,16-20,39H2,1-2H3/t23-,27-,28-,30-,31-,33-,34-,35+,36-/m0/s1. The molecule has 44 heavy (non-hydrogen) atoms. The molecule has 2 aromatic rings. The molecule has 3 saturated carbocycles. The summed E-state index contributed by atoms with van der Waals surface area (Å²) in [5, 5.41) is 22.0. The van der Waals surface area contributed by atoms with E-state index in [9.17, 15) is 19.8 Å². The largest absolute Gasteiger partial charge is 0.399 e. The maximum Gasteiger partial charge on any atom is 0.178 e. The van der Waals surface area contributed by atoms with Gasteiger partial charge in [-0.3, -0.25) is 9.59 Å². The number of nitrogens with zero attached hydrogens (tertiary/aromatic N) is 1. The number of nitrogens with two attached hydrogens (primary N) is 1. The first-order valence-corrected chi connectivity index (χ1v) is 15.7. The number of fused-ring (bicyclic) bond motifs is 7. The molecule has 5 aliphatic rings. The highest BCUT2D eigenvalue weighted by Crippen LogP contribution is 2.74. The zero-order valence-electron chi connectivity index (χ0n) is 25.2. The number of aliphatic hydroxyl groups is 2. The second kappa shape index (κ2) is 9.82. The molecule has 1 heterocycles. The third-order valence-electron chi connectivity index (χ3n) is 12.5. The lowest BCUT2D eigenvalue weighted by Crippen LogP contribution is -2.69. The highest BCUT2D eigenvalue weighted by molar-refractivity contribution is 6.01. The van der Waals surface area contributed by atoms with Crippen LogP contribution in [0.4, 0.5) is 20.2 Å². The van der Waals surface area contributed by atoms with E-state index in [1.807, 2.05) is 43.3 Å². The fourth-order valence-corrected chi connectivity index (χ4v) is 10.4. The SMILES string of the molecule is C[C@]12C=CC(=O)C=C1[C@@H](F)C[C@H]1[C@@H]3C[C@H]4CN(c5ccc(Cc6cccc(N)c6)cc5)C[C@@]4(C(=O)CO)[C@@]3(C)C[C@H](O)[C@@]12F. The molecule has 4 N–H and O–H groups in total. The molecule has 1 saturated heterocycles. The van der Waals surface area contributed by atoms with Gasteiger partial charge in [-0.25, -0.2) is 8.78 Å². The number of anilines is 2. The Morgan fingerprint density at radius 1 is 1.09 bits per heavy atom. The number of alkyl halides is 2. The van der Waals surface area contributed by atoms with E-state index in [4.69, 9.17) is 5.73 Å². The Morgan fingerprint density at radius 2 is 1.84 bits per heavy atom. The Bertz CT molecular complexity index is 1590. The van der Waals surface area contributed by atoms with Crippen molar-refractivity contribution in [3.8, 4) is 0 Å². The molecule has 2 aromatic carbocycles. The molecule has 9 atom stereocenters. The first-order chi connectivity index (χ1) is 20.9. The number of hydrogen-bond donors (Lipinski definition) is 3. The Labute approximate surface area is 256 Å². The maximum absolute atomic E-state index is 17.6. The van der Waals surface area contributed by atoms with Crippen LogP contribution in [0.25, 0.3) is 0 Å². The van der Waals surface area contributed by atoms with Crippen molar-refractivity contribution in [2.75, 3.05) is 30.3 Å². The lowest BCUT2D eigenvalue weighted by atomic mass is 9.43. The van der Waals surface area contributed by atoms with E-state index in [0.29, 0.717) is 19.5 Å². The van der Waals surface area contributed by atoms with Crippen molar-refractivity contribution >= 4 is 22.9 Å². The van der Waals surface area contributed by atoms with Crippen LogP contribution in [0.5, 0.6) is 0 Å². The molecule has 0 bridgehead atoms. The third kappa shape index (κ3) is 3.76. The molecule has 4 fully saturated rings. The molecule has 0 spiro atoms. The van der Waals surface area contributed by atoms with Gasteiger partial charge >= 0.3 is 0 Å². The minimum absolute atomic E-state index is 0.0154. The third-order valence-corrected chi connectivity index (χ3v) is 12.5. The van der Waals surface area contributed by atoms with Crippen molar-refractivity contribution in [1.82, 2.24) is 0 Å². The van der Waals surface area contributed by atoms with E-state index < -0.39 is 46.7 Å². The molecular formula is C36H40F2N2O4. The zero-order valence-corrected chi connectivity index (χ0v) is 25.2. The van der Waals surface area contributed by atoms with Crippen LogP contribution in [-0.2, 0) is 16.0 Å². The van der Waals surface area contributed by atoms with Crippen molar-refractivity contribution in [3.05, 3.63) is 83.5 Å². The first-order valence-electron chi connectivity index (χ1n) is 15.7. The summed E-state index contributed by atoms with van der Waals surface area (Å²) in [5.41, 5.74) is 4.43. The van der Waals surface area contributed by atoms with Gasteiger partial charge in [0.25, 0.3) is 0 Å². The topological polar surface area (TPSA) is 104 Å². The molecule has 0 unspecified atom stereocenters. The summed E-state index contributed by atoms with van der Waals surface area (Å²) in [7, 11) is 0. The number of halogens is 2. The fourth-order valence-electron chi connectivity index (χ4n) is 10.4. The molecule has 0 amide bonds. The predicted molar refractivity (Wildman–Crippen MR) is 164 cm³/mol. The van der Waals surface area contributed by atoms with Crippen molar-refractivity contribution in [3.63, 3.8) is 0 Å². The van der Waals surface area contributed by atoms with Gasteiger partial charge in [0.05, 0.1) is 11.5 Å². The van der Waals surface area contributed by atoms with Crippen LogP contribution >= 0.6 is 0 Å². The Morgan fingerprint density at radius 3 is 2.55 bits per heavy atom. The lowest BCUT2D eigenvalue weighted by Gasteiger charge is -2.63. The molecule has 4 aliphatic carbocycles. The molecule has 0 radical (unpaired) electrons. The quantitative estimate of drug-likeness (QED) is 0.426. The van der Waals surface area contributed by atoms with Crippen LogP contribution in [0.3, 0.4) is 0 Å². The Kier molecular flexibility index (Phi) is 6.55. The van der Waals surface area contributed by atoms with Crippen LogP contribution in [-0.4, -0.2) is 59.4 Å². The average Bonchev–Trinajstić information content (AvgIpc) is 3.49. The van der Waals surface area contributed by atoms with Gasteiger partial charge in [-0.15, -0.1) is 0 Å². The van der Waals surface area contributed by atoms with Gasteiger partial charge in [0, 0.05) is 35.8 Å². The highest BCUT2D eigenvalue weighted by atomic mass is 19.1. The summed E-state index contributed by atoms with van der Waals surface area (Å²) in [5.74, 6) is -2.08. The monoisotopic (exact) mass is 602 g/mol. The Balaban J connectivity index is 1.21. The van der Waals surface area contributed by atoms with E-state index >= 15 is 8.78 Å². The molecule has 7 rings (SSSR count). The smallest absolute Gasteiger partial charge is 0.178 e. The lowest BCUT2D eigenvalue weighted by molar-refractivity contribution is -0.210. The van der Waals surface area contributed by atoms with E-state index in [1.54, 1.807) is 6.92 Å². The minimum atomic E-state index is -2.19. The number of allylic oxidation sites excluding steroid dienone is 4. The van der Waals surface area contributed by atoms with Gasteiger partial charge in [-0.1, -0.05) is 37.3 Å². The summed E-state index contributed by atoms with van der Waals surface area (Å²) in [6.07, 6.45) is 2.02. The predicted octanol–water partition coefficient (Wildman–Crippen LogP) is 4.77. The summed E-state index contributed by atoms with van der Waals surface area (Å²) < 4.78 is 33.5. The van der Waals surface area contributed by atoms with Crippen LogP contribution in [0.2, 0.25) is 0 Å². The van der Waals surface area contributed by atoms with Crippen molar-refractivity contribution in [1.29, 1.82) is 0 Å². The van der Waals surface area contributed by atoms with Crippen LogP contribution in [0, 0.1) is 34.0 Å². The number of nitrogen functional groups attached to an aromatic ring is 1. The van der Waals surface area contributed by atoms with Gasteiger partial charge in [-0.05, 0) is 103 Å². The maximum atomic E-state index is 17.6. The number of benzene rings is 2. The number of hydrogen-bond acceptors (Lipinski definition) is 6. The number of carbonyl (C=O) groups is 2. The molecule has 1 aliphatic heterocycles. The Hall–Kier alpha value is -3.36. The number of rotatable bonds is 5. The van der Waals surface area contributed by atoms with Gasteiger partial charge in [-0.2, -0.15) is 0 Å². The molecule has 6 nitrogen and oxygen atoms in total. The summed E-state index contributed by atoms with van der Waals surface area (Å²) in [4.78, 5) is 28.2. The number of carbonyl (C=O) groups excluding carboxylic acids is 2. The minimum Gasteiger partial charge on any atom is -0.399 e. The summed E-state index contributed by atoms with van der Waals surface area (Å²) in [6, 6.07) is 16.0. The second-order valence-corrected chi connectivity index (χ2v) is 14.3. The zero-order chi connectivity index (χ0) is 31.2. The van der Waals surface area contributed by atoms with Gasteiger partial charge in [0.15, 0.2) is 17.2 Å². The van der Waals surface area contributed by atoms with E-state index in [-0.39, 0.29) is 41.8 Å². The fraction of sp³-hybridized carbons (Fsp3) is 0.500. The molecule has 232 valence electrons. The summed E-state index contributed by atoms with van der Waals surface area (Å²) in [6.45, 7) is 3.79. The van der Waals surface area contributed by atoms with Crippen LogP contribution < -0.4 is 10.6 Å². The van der Waals surface area contributed by atoms with Gasteiger partial charge < -0.3 is 20.8 Å². The van der Waals surface area contributed by atoms with Crippen LogP contribution in [0.15, 0.2) is 72.3 Å². The van der Waals surface area contributed by atoms with Gasteiger partial charge in [0.2, 0.25) is 0 Å². The second-order valence-electron chi connectivity index (χ2n) is 14.3. The van der Waals surface area contributed by atoms with Crippen molar-refractivity contribution < 1.29 is 28.6 Å². The van der Waals surface area contributed by atoms with Crippen molar-refractivity contribution in [2.45, 2.75) is 57.5 Å². The van der Waals surface area contributed by atoms with Crippen LogP contribution in [0.1, 0.15) is 44.2 Å². The number of ketones is 2. The number of Topliss-reactive ketones (excluding diaryl/α,β-unsaturated/α-hetero) is 1. The molecule has 0 aromatic heterocycles. The van der Waals surface area contributed by atoms with E-state index in [1.165, 1.54) is 18.2 Å². The van der Waals surface area contributed by atoms with E-state index in [0.717, 1.165) is 28.9 Å². The average molecular weight is 603 g/mol.